The molecule has 1 aromatic rings. The zero-order valence-electron chi connectivity index (χ0n) is 12.2. The van der Waals surface area contributed by atoms with E-state index in [-0.39, 0.29) is 0 Å². The summed E-state index contributed by atoms with van der Waals surface area (Å²) in [6.07, 6.45) is 0. The van der Waals surface area contributed by atoms with Crippen LogP contribution in [0.25, 0.3) is 0 Å². The molecule has 0 bridgehead atoms. The first-order chi connectivity index (χ1) is 9.19. The van der Waals surface area contributed by atoms with Gasteiger partial charge in [-0.1, -0.05) is 18.2 Å². The quantitative estimate of drug-likeness (QED) is 0.859. The lowest BCUT2D eigenvalue weighted by Crippen LogP contribution is -2.53. The van der Waals surface area contributed by atoms with Gasteiger partial charge in [-0.25, -0.2) is 0 Å². The number of nitrogens with zero attached hydrogens (tertiary/aromatic N) is 2. The predicted molar refractivity (Wildman–Crippen MR) is 78.6 cm³/mol. The van der Waals surface area contributed by atoms with E-state index < -0.39 is 0 Å². The van der Waals surface area contributed by atoms with Crippen LogP contribution in [0.3, 0.4) is 0 Å². The van der Waals surface area contributed by atoms with Crippen LogP contribution < -0.4 is 10.1 Å². The molecule has 2 rings (SSSR count). The number of hydrogen-bond acceptors (Lipinski definition) is 4. The molecule has 1 aliphatic heterocycles. The minimum absolute atomic E-state index is 0.554. The summed E-state index contributed by atoms with van der Waals surface area (Å²) in [7, 11) is 6.09. The maximum atomic E-state index is 5.40. The van der Waals surface area contributed by atoms with Crippen LogP contribution >= 0.6 is 0 Å². The van der Waals surface area contributed by atoms with Crippen molar-refractivity contribution in [3.63, 3.8) is 0 Å². The first-order valence-corrected chi connectivity index (χ1v) is 6.91. The second-order valence-electron chi connectivity index (χ2n) is 5.42. The highest BCUT2D eigenvalue weighted by atomic mass is 16.5. The summed E-state index contributed by atoms with van der Waals surface area (Å²) in [4.78, 5) is 4.74. The zero-order chi connectivity index (χ0) is 13.7. The molecule has 1 aliphatic rings. The molecule has 1 saturated heterocycles. The van der Waals surface area contributed by atoms with E-state index in [1.54, 1.807) is 7.11 Å². The lowest BCUT2D eigenvalue weighted by Gasteiger charge is -2.33. The average molecular weight is 263 g/mol. The van der Waals surface area contributed by atoms with Gasteiger partial charge in [0.25, 0.3) is 0 Å². The lowest BCUT2D eigenvalue weighted by atomic mass is 10.1. The van der Waals surface area contributed by atoms with Crippen molar-refractivity contribution in [3.8, 4) is 5.75 Å². The number of likely N-dealkylation sites (N-methyl/N-ethyl adjacent to an activating group) is 2. The van der Waals surface area contributed by atoms with Crippen molar-refractivity contribution in [2.75, 3.05) is 47.4 Å². The topological polar surface area (TPSA) is 27.7 Å². The first-order valence-electron chi connectivity index (χ1n) is 6.91. The molecular weight excluding hydrogens is 238 g/mol. The Morgan fingerprint density at radius 1 is 1.42 bits per heavy atom. The summed E-state index contributed by atoms with van der Waals surface area (Å²) < 4.78 is 5.40. The average Bonchev–Trinajstić information content (AvgIpc) is 2.39. The van der Waals surface area contributed by atoms with E-state index in [1.165, 1.54) is 5.56 Å². The molecule has 106 valence electrons. The summed E-state index contributed by atoms with van der Waals surface area (Å²) in [5.41, 5.74) is 1.25. The minimum atomic E-state index is 0.554. The molecule has 4 heteroatoms. The van der Waals surface area contributed by atoms with E-state index in [0.29, 0.717) is 6.04 Å². The number of benzene rings is 1. The molecule has 1 atom stereocenters. The Hall–Kier alpha value is -1.10. The van der Waals surface area contributed by atoms with Gasteiger partial charge >= 0.3 is 0 Å². The van der Waals surface area contributed by atoms with Crippen LogP contribution in [0.4, 0.5) is 0 Å². The molecular formula is C15H25N3O. The molecule has 1 heterocycles. The molecule has 4 nitrogen and oxygen atoms in total. The van der Waals surface area contributed by atoms with Crippen molar-refractivity contribution in [1.82, 2.24) is 15.1 Å². The van der Waals surface area contributed by atoms with E-state index in [4.69, 9.17) is 4.74 Å². The van der Waals surface area contributed by atoms with Crippen molar-refractivity contribution in [2.45, 2.75) is 12.6 Å². The molecule has 0 saturated carbocycles. The van der Waals surface area contributed by atoms with Crippen molar-refractivity contribution >= 4 is 0 Å². The molecule has 0 spiro atoms. The molecule has 19 heavy (non-hydrogen) atoms. The number of methoxy groups -OCH3 is 1. The van der Waals surface area contributed by atoms with Crippen LogP contribution in [0, 0.1) is 0 Å². The normalized spacial score (nSPS) is 20.7. The maximum Gasteiger partial charge on any atom is 0.123 e. The fourth-order valence-electron chi connectivity index (χ4n) is 2.68. The third kappa shape index (κ3) is 4.20. The minimum Gasteiger partial charge on any atom is -0.496 e. The van der Waals surface area contributed by atoms with Crippen LogP contribution in [0.15, 0.2) is 24.3 Å². The standard InChI is InChI=1S/C15H25N3O/c1-17-9-8-16-14(11-17)12-18(2)10-13-6-4-5-7-15(13)19-3/h4-7,14,16H,8-12H2,1-3H3. The highest BCUT2D eigenvalue weighted by Crippen LogP contribution is 2.18. The Kier molecular flexibility index (Phi) is 5.19. The van der Waals surface area contributed by atoms with Crippen LogP contribution in [0.2, 0.25) is 0 Å². The van der Waals surface area contributed by atoms with Gasteiger partial charge in [-0.3, -0.25) is 0 Å². The van der Waals surface area contributed by atoms with Crippen molar-refractivity contribution in [2.24, 2.45) is 0 Å². The fourth-order valence-corrected chi connectivity index (χ4v) is 2.68. The molecule has 1 aromatic carbocycles. The van der Waals surface area contributed by atoms with Gasteiger partial charge in [-0.15, -0.1) is 0 Å². The van der Waals surface area contributed by atoms with E-state index in [1.807, 2.05) is 12.1 Å². The molecule has 0 amide bonds. The lowest BCUT2D eigenvalue weighted by molar-refractivity contribution is 0.192. The van der Waals surface area contributed by atoms with E-state index in [9.17, 15) is 0 Å². The Morgan fingerprint density at radius 3 is 2.95 bits per heavy atom. The Morgan fingerprint density at radius 2 is 2.21 bits per heavy atom. The SMILES string of the molecule is COc1ccccc1CN(C)CC1CN(C)CCN1. The van der Waals surface area contributed by atoms with Crippen molar-refractivity contribution in [1.29, 1.82) is 0 Å². The third-order valence-electron chi connectivity index (χ3n) is 3.62. The smallest absolute Gasteiger partial charge is 0.123 e. The summed E-state index contributed by atoms with van der Waals surface area (Å²) in [5.74, 6) is 0.975. The Bertz CT molecular complexity index is 397. The van der Waals surface area contributed by atoms with Crippen LogP contribution in [-0.2, 0) is 6.54 Å². The van der Waals surface area contributed by atoms with Crippen LogP contribution in [-0.4, -0.2) is 63.2 Å². The molecule has 0 aromatic heterocycles. The van der Waals surface area contributed by atoms with Gasteiger partial charge in [0.2, 0.25) is 0 Å². The second kappa shape index (κ2) is 6.89. The van der Waals surface area contributed by atoms with Crippen LogP contribution in [0.1, 0.15) is 5.56 Å². The summed E-state index contributed by atoms with van der Waals surface area (Å²) in [6.45, 7) is 5.33. The Balaban J connectivity index is 1.88. The van der Waals surface area contributed by atoms with Gasteiger partial charge in [-0.05, 0) is 20.2 Å². The van der Waals surface area contributed by atoms with Gasteiger partial charge in [-0.2, -0.15) is 0 Å². The largest absolute Gasteiger partial charge is 0.496 e. The zero-order valence-corrected chi connectivity index (χ0v) is 12.2. The van der Waals surface area contributed by atoms with Crippen molar-refractivity contribution < 1.29 is 4.74 Å². The first kappa shape index (κ1) is 14.3. The number of hydrogen-bond donors (Lipinski definition) is 1. The summed E-state index contributed by atoms with van der Waals surface area (Å²) >= 11 is 0. The fraction of sp³-hybridized carbons (Fsp3) is 0.600. The number of nitrogens with one attached hydrogen (secondary N) is 1. The van der Waals surface area contributed by atoms with Gasteiger partial charge in [0.15, 0.2) is 0 Å². The summed E-state index contributed by atoms with van der Waals surface area (Å²) in [6, 6.07) is 8.79. The predicted octanol–water partition coefficient (Wildman–Crippen LogP) is 1.03. The second-order valence-corrected chi connectivity index (χ2v) is 5.42. The van der Waals surface area contributed by atoms with Crippen LogP contribution in [0.5, 0.6) is 5.75 Å². The summed E-state index contributed by atoms with van der Waals surface area (Å²) in [5, 5.41) is 3.58. The highest BCUT2D eigenvalue weighted by Gasteiger charge is 2.18. The number of rotatable bonds is 5. The molecule has 0 radical (unpaired) electrons. The highest BCUT2D eigenvalue weighted by molar-refractivity contribution is 5.33. The Labute approximate surface area is 116 Å². The van der Waals surface area contributed by atoms with E-state index >= 15 is 0 Å². The van der Waals surface area contributed by atoms with Crippen molar-refractivity contribution in [3.05, 3.63) is 29.8 Å². The van der Waals surface area contributed by atoms with Gasteiger partial charge in [0.05, 0.1) is 7.11 Å². The third-order valence-corrected chi connectivity index (χ3v) is 3.62. The molecule has 0 aliphatic carbocycles. The number of piperazine rings is 1. The maximum absolute atomic E-state index is 5.40. The number of ether oxygens (including phenoxy) is 1. The monoisotopic (exact) mass is 263 g/mol. The molecule has 1 N–H and O–H groups in total. The van der Waals surface area contributed by atoms with E-state index in [0.717, 1.165) is 38.5 Å². The number of para-hydroxylation sites is 1. The van der Waals surface area contributed by atoms with Gasteiger partial charge in [0, 0.05) is 44.3 Å². The van der Waals surface area contributed by atoms with E-state index in [2.05, 4.69) is 41.3 Å². The molecule has 1 fully saturated rings. The van der Waals surface area contributed by atoms with Gasteiger partial charge < -0.3 is 19.9 Å². The molecule has 1 unspecified atom stereocenters. The van der Waals surface area contributed by atoms with Gasteiger partial charge in [0.1, 0.15) is 5.75 Å².